The summed E-state index contributed by atoms with van der Waals surface area (Å²) >= 11 is 5.23. The van der Waals surface area contributed by atoms with Crippen LogP contribution in [0.15, 0.2) is 25.3 Å². The summed E-state index contributed by atoms with van der Waals surface area (Å²) in [7, 11) is 0. The van der Waals surface area contributed by atoms with Crippen LogP contribution in [0, 0.1) is 0 Å². The number of hydrogen-bond donors (Lipinski definition) is 1. The topological polar surface area (TPSA) is 26.3 Å². The Balaban J connectivity index is 0. The molecule has 0 amide bonds. The zero-order valence-electron chi connectivity index (χ0n) is 6.95. The second kappa shape index (κ2) is 13.7. The quantitative estimate of drug-likeness (QED) is 0.367. The molecule has 0 aliphatic carbocycles. The van der Waals surface area contributed by atoms with Gasteiger partial charge in [0.2, 0.25) is 0 Å². The van der Waals surface area contributed by atoms with Crippen molar-refractivity contribution in [2.75, 3.05) is 12.4 Å². The van der Waals surface area contributed by atoms with Gasteiger partial charge in [-0.05, 0) is 0 Å². The fraction of sp³-hybridized carbons (Fsp3) is 0.375. The number of thiol groups is 1. The summed E-state index contributed by atoms with van der Waals surface area (Å²) < 4.78 is 5.68. The van der Waals surface area contributed by atoms with E-state index in [1.807, 2.05) is 6.08 Å². The third-order valence-electron chi connectivity index (χ3n) is 0.636. The second-order valence-electron chi connectivity index (χ2n) is 1.62. The van der Waals surface area contributed by atoms with Gasteiger partial charge in [-0.1, -0.05) is 12.7 Å². The fourth-order valence-corrected chi connectivity index (χ4v) is 0.289. The average Bonchev–Trinajstić information content (AvgIpc) is 2.14. The van der Waals surface area contributed by atoms with Crippen molar-refractivity contribution in [3.63, 3.8) is 0 Å². The molecule has 0 aromatic carbocycles. The van der Waals surface area contributed by atoms with Crippen molar-refractivity contribution in [1.82, 2.24) is 0 Å². The molecule has 3 radical (unpaired) electrons. The van der Waals surface area contributed by atoms with Gasteiger partial charge in [-0.15, -0.1) is 0 Å². The molecule has 2 nitrogen and oxygen atoms in total. The molecule has 4 heteroatoms. The van der Waals surface area contributed by atoms with Crippen molar-refractivity contribution in [2.24, 2.45) is 0 Å². The van der Waals surface area contributed by atoms with Crippen molar-refractivity contribution in [3.05, 3.63) is 25.3 Å². The van der Waals surface area contributed by atoms with Crippen molar-refractivity contribution < 1.29 is 9.53 Å². The van der Waals surface area contributed by atoms with Crippen LogP contribution in [0.5, 0.6) is 0 Å². The molecule has 0 aliphatic rings. The van der Waals surface area contributed by atoms with Crippen LogP contribution in [0.4, 0.5) is 0 Å². The van der Waals surface area contributed by atoms with E-state index >= 15 is 0 Å². The van der Waals surface area contributed by atoms with Crippen LogP contribution in [-0.4, -0.2) is 40.9 Å². The molecule has 12 heavy (non-hydrogen) atoms. The minimum atomic E-state index is -0.312. The number of rotatable bonds is 4. The number of hydrogen-bond acceptors (Lipinski definition) is 3. The Morgan fingerprint density at radius 3 is 2.25 bits per heavy atom. The Hall–Kier alpha value is 0.0987. The number of esters is 1. The van der Waals surface area contributed by atoms with Gasteiger partial charge in [0, 0.05) is 0 Å². The number of ether oxygens (including phenoxy) is 1. The third-order valence-corrected chi connectivity index (χ3v) is 1.72. The second-order valence-corrected chi connectivity index (χ2v) is 3.10. The van der Waals surface area contributed by atoms with Gasteiger partial charge in [-0.3, -0.25) is 4.79 Å². The Labute approximate surface area is 92.6 Å². The molecule has 0 bridgehead atoms. The Bertz CT molecular complexity index is 137. The Morgan fingerprint density at radius 1 is 1.50 bits per heavy atom. The molecular weight excluding hydrogens is 279 g/mol. The number of carbonyl (C=O) groups is 1. The van der Waals surface area contributed by atoms with E-state index in [4.69, 9.17) is 0 Å². The van der Waals surface area contributed by atoms with Crippen LogP contribution in [0.2, 0.25) is 4.44 Å². The van der Waals surface area contributed by atoms with E-state index in [9.17, 15) is 4.79 Å². The first-order valence-corrected chi connectivity index (χ1v) is 6.00. The van der Waals surface area contributed by atoms with Gasteiger partial charge >= 0.3 is 45.6 Å². The maximum atomic E-state index is 10.2. The maximum absolute atomic E-state index is 10.2. The van der Waals surface area contributed by atoms with Crippen molar-refractivity contribution in [1.29, 1.82) is 0 Å². The predicted molar refractivity (Wildman–Crippen MR) is 55.8 cm³/mol. The molecule has 0 N–H and O–H groups in total. The molecular formula is C8H13O2SSn. The molecule has 0 saturated heterocycles. The van der Waals surface area contributed by atoms with Crippen molar-refractivity contribution in [3.8, 4) is 0 Å². The SMILES string of the molecule is C=CCOC(=O)CS.C=C[CH2][Sn]. The van der Waals surface area contributed by atoms with Gasteiger partial charge in [0.05, 0.1) is 5.75 Å². The molecule has 0 atom stereocenters. The van der Waals surface area contributed by atoms with E-state index in [2.05, 4.69) is 30.5 Å². The van der Waals surface area contributed by atoms with Gasteiger partial charge in [-0.25, -0.2) is 0 Å². The summed E-state index contributed by atoms with van der Waals surface area (Å²) in [5.74, 6) is -0.179. The molecule has 0 fully saturated rings. The molecule has 0 aliphatic heterocycles. The van der Waals surface area contributed by atoms with Crippen molar-refractivity contribution in [2.45, 2.75) is 4.44 Å². The summed E-state index contributed by atoms with van der Waals surface area (Å²) in [6.45, 7) is 7.14. The zero-order valence-corrected chi connectivity index (χ0v) is 10.7. The molecule has 0 heterocycles. The Morgan fingerprint density at radius 2 is 2.00 bits per heavy atom. The van der Waals surface area contributed by atoms with Gasteiger partial charge in [0.25, 0.3) is 0 Å². The van der Waals surface area contributed by atoms with E-state index in [-0.39, 0.29) is 18.3 Å². The van der Waals surface area contributed by atoms with Gasteiger partial charge in [-0.2, -0.15) is 12.6 Å². The monoisotopic (exact) mass is 293 g/mol. The summed E-state index contributed by atoms with van der Waals surface area (Å²) in [5, 5.41) is 0. The molecule has 0 spiro atoms. The molecule has 0 aromatic heterocycles. The third kappa shape index (κ3) is 16.6. The summed E-state index contributed by atoms with van der Waals surface area (Å²) in [6, 6.07) is 0. The number of allylic oxidation sites excluding steroid dienone is 1. The predicted octanol–water partition coefficient (Wildman–Crippen LogP) is 1.40. The molecule has 0 aromatic rings. The van der Waals surface area contributed by atoms with E-state index in [0.717, 1.165) is 0 Å². The van der Waals surface area contributed by atoms with E-state index in [1.165, 1.54) is 10.5 Å². The summed E-state index contributed by atoms with van der Waals surface area (Å²) in [6.07, 6.45) is 3.43. The normalized spacial score (nSPS) is 7.50. The summed E-state index contributed by atoms with van der Waals surface area (Å²) in [5.41, 5.74) is 0. The average molecular weight is 292 g/mol. The molecule has 0 unspecified atom stereocenters. The van der Waals surface area contributed by atoms with Crippen LogP contribution < -0.4 is 0 Å². The van der Waals surface area contributed by atoms with Crippen molar-refractivity contribution >= 4 is 41.1 Å². The minimum absolute atomic E-state index is 0.133. The van der Waals surface area contributed by atoms with Crippen LogP contribution in [0.1, 0.15) is 0 Å². The first kappa shape index (κ1) is 14.6. The van der Waals surface area contributed by atoms with Gasteiger partial charge in [0.15, 0.2) is 0 Å². The van der Waals surface area contributed by atoms with E-state index in [1.54, 1.807) is 22.5 Å². The first-order chi connectivity index (χ1) is 5.72. The molecule has 0 rings (SSSR count). The van der Waals surface area contributed by atoms with Gasteiger partial charge in [0.1, 0.15) is 6.61 Å². The van der Waals surface area contributed by atoms with Gasteiger partial charge < -0.3 is 4.74 Å². The van der Waals surface area contributed by atoms with Crippen LogP contribution in [-0.2, 0) is 9.53 Å². The standard InChI is InChI=1S/C5H8O2S.C3H5.Sn/c1-2-3-7-5(6)4-8;1-3-2;/h2,8H,1,3-4H2;3H,1-2H2;. The Kier molecular flexibility index (Phi) is 16.7. The van der Waals surface area contributed by atoms with E-state index < -0.39 is 0 Å². The van der Waals surface area contributed by atoms with Crippen LogP contribution in [0.3, 0.4) is 0 Å². The fourth-order valence-electron chi connectivity index (χ4n) is 0.198. The number of carbonyl (C=O) groups excluding carboxylic acids is 1. The van der Waals surface area contributed by atoms with Crippen LogP contribution in [0.25, 0.3) is 0 Å². The van der Waals surface area contributed by atoms with Crippen LogP contribution >= 0.6 is 12.6 Å². The first-order valence-electron chi connectivity index (χ1n) is 3.35. The molecule has 0 saturated carbocycles. The van der Waals surface area contributed by atoms with E-state index in [0.29, 0.717) is 0 Å². The summed E-state index contributed by atoms with van der Waals surface area (Å²) in [4.78, 5) is 10.2. The zero-order chi connectivity index (χ0) is 9.82. The molecule has 67 valence electrons.